The van der Waals surface area contributed by atoms with Gasteiger partial charge < -0.3 is 17.1 Å². The number of imide groups is 3. The Balaban J connectivity index is 0.000000180. The van der Waals surface area contributed by atoms with E-state index in [4.69, 9.17) is 0 Å². The molecule has 2 N–H and O–H groups in total. The predicted molar refractivity (Wildman–Crippen MR) is 329 cm³/mol. The first kappa shape index (κ1) is 64.0. The molecule has 0 spiro atoms. The molecule has 6 aromatic rings. The monoisotopic (exact) mass is 1520 g/mol. The Bertz CT molecular complexity index is 3040. The number of hydrogen-bond acceptors (Lipinski definition) is 9. The Labute approximate surface area is 516 Å². The van der Waals surface area contributed by atoms with E-state index in [0.29, 0.717) is 68.5 Å². The molecule has 0 atom stereocenters. The molecular weight excluding hydrogens is 1460 g/mol. The first-order chi connectivity index (χ1) is 36.5. The summed E-state index contributed by atoms with van der Waals surface area (Å²) < 4.78 is 2.76. The molecule has 6 amide bonds. The second-order valence-corrected chi connectivity index (χ2v) is 34.8. The van der Waals surface area contributed by atoms with Gasteiger partial charge >= 0.3 is 49.4 Å². The molecule has 12 rings (SSSR count). The second kappa shape index (κ2) is 25.5. The fraction of sp³-hybridized carbons (Fsp3) is 0.279. The Morgan fingerprint density at radius 2 is 0.633 bits per heavy atom. The number of ketones is 1. The Hall–Kier alpha value is -4.19. The first-order valence-electron chi connectivity index (χ1n) is 24.4. The molecule has 3 fully saturated rings. The van der Waals surface area contributed by atoms with Crippen LogP contribution in [-0.2, 0) is 30.9 Å². The van der Waals surface area contributed by atoms with Crippen molar-refractivity contribution in [1.29, 1.82) is 0 Å². The molecule has 0 saturated heterocycles. The number of carbonyl (C=O) groups excluding carboxylic acids is 7. The van der Waals surface area contributed by atoms with E-state index in [1.165, 1.54) is 14.7 Å². The Kier molecular flexibility index (Phi) is 20.7. The molecule has 18 heteroatoms. The zero-order valence-corrected chi connectivity index (χ0v) is 52.4. The standard InChI is InChI=1S/2C19H16BrNO3.C18H12BrNO3.C3H7.2CH4.2HI.V/c2*1-18(24)10-19(11-18,12-6-8-13(20)9-7-12)21-16(22)14-4-2-3-5-15(14)17(21)23;19-12-7-5-11(6-8-12)18(9-13(21)10-18)20-16(22)14-3-1-2-4-15(14)17(20)23;1-3-2;;;;;/h2*2-9,24H,10-11H2,1H3;1-8H,9-10H2;1,3H2,2H3;2*1H4;2*1H;/q;;;-1;;;;;+2/p-2. The van der Waals surface area contributed by atoms with E-state index in [1.54, 1.807) is 86.6 Å². The van der Waals surface area contributed by atoms with Crippen molar-refractivity contribution in [2.45, 2.75) is 108 Å². The van der Waals surface area contributed by atoms with E-state index in [9.17, 15) is 43.8 Å². The van der Waals surface area contributed by atoms with Crippen molar-refractivity contribution in [3.05, 3.63) is 216 Å². The number of carbonyl (C=O) groups is 7. The summed E-state index contributed by atoms with van der Waals surface area (Å²) >= 11 is 14.9. The SMILES string of the molecule is C.C.CC1(O)CC(c2ccc(Br)cc2)(N2C(=O)c3ccccc3C2=O)C1.CC1(O)CC(c2ccc(Br)cc2)(N2C(=O)c3ccccc3C2=O)C1.O=C1CC(c2ccc(Br)cc2)(N2C(=O)c3ccccc3C2=O)C1.[CH2-]CC.[I][V][I]. The van der Waals surface area contributed by atoms with Gasteiger partial charge in [0.25, 0.3) is 35.4 Å². The van der Waals surface area contributed by atoms with Gasteiger partial charge in [-0.15, -0.1) is 0 Å². The average Bonchev–Trinajstić information content (AvgIpc) is 4.03. The van der Waals surface area contributed by atoms with Crippen LogP contribution in [-0.4, -0.2) is 77.3 Å². The summed E-state index contributed by atoms with van der Waals surface area (Å²) in [5.74, 6) is -1.71. The Morgan fingerprint density at radius 1 is 0.443 bits per heavy atom. The van der Waals surface area contributed by atoms with Gasteiger partial charge in [0.1, 0.15) is 5.78 Å². The van der Waals surface area contributed by atoms with Crippen molar-refractivity contribution in [2.75, 3.05) is 0 Å². The molecule has 3 aliphatic heterocycles. The van der Waals surface area contributed by atoms with Gasteiger partial charge in [0.05, 0.1) is 61.2 Å². The molecule has 6 aliphatic rings. The maximum atomic E-state index is 12.9. The van der Waals surface area contributed by atoms with Crippen LogP contribution < -0.4 is 0 Å². The summed E-state index contributed by atoms with van der Waals surface area (Å²) in [7, 11) is 0.628. The normalized spacial score (nSPS) is 23.3. The molecule has 0 aromatic heterocycles. The zero-order valence-electron chi connectivity index (χ0n) is 41.9. The van der Waals surface area contributed by atoms with Crippen LogP contribution in [0, 0.1) is 6.92 Å². The maximum absolute atomic E-state index is 12.9. The van der Waals surface area contributed by atoms with Crippen molar-refractivity contribution >= 4 is 129 Å². The van der Waals surface area contributed by atoms with Crippen molar-refractivity contribution < 1.29 is 53.2 Å². The van der Waals surface area contributed by atoms with Crippen molar-refractivity contribution in [3.63, 3.8) is 0 Å². The van der Waals surface area contributed by atoms with Crippen LogP contribution in [0.1, 0.15) is 159 Å². The number of amides is 6. The van der Waals surface area contributed by atoms with Crippen molar-refractivity contribution in [3.8, 4) is 0 Å². The summed E-state index contributed by atoms with van der Waals surface area (Å²) in [5, 5.41) is 20.7. The zero-order chi connectivity index (χ0) is 55.8. The van der Waals surface area contributed by atoms with Crippen molar-refractivity contribution in [2.24, 2.45) is 0 Å². The van der Waals surface area contributed by atoms with Gasteiger partial charge in [0.2, 0.25) is 0 Å². The fourth-order valence-electron chi connectivity index (χ4n) is 11.5. The van der Waals surface area contributed by atoms with Crippen LogP contribution >= 0.6 is 87.7 Å². The van der Waals surface area contributed by atoms with Gasteiger partial charge in [0, 0.05) is 51.9 Å². The summed E-state index contributed by atoms with van der Waals surface area (Å²) in [6, 6.07) is 43.2. The molecule has 0 radical (unpaired) electrons. The first-order valence-corrected chi connectivity index (χ1v) is 35.8. The van der Waals surface area contributed by atoms with Gasteiger partial charge in [-0.25, -0.2) is 0 Å². The molecule has 0 unspecified atom stereocenters. The van der Waals surface area contributed by atoms with Crippen LogP contribution in [0.2, 0.25) is 0 Å². The number of halogens is 5. The van der Waals surface area contributed by atoms with Gasteiger partial charge in [-0.3, -0.25) is 48.3 Å². The molecule has 3 saturated carbocycles. The number of hydrogen-bond donors (Lipinski definition) is 2. The molecule has 0 bridgehead atoms. The number of benzene rings is 6. The van der Waals surface area contributed by atoms with Gasteiger partial charge in [-0.2, -0.15) is 6.42 Å². The van der Waals surface area contributed by atoms with E-state index in [2.05, 4.69) is 94.7 Å². The minimum atomic E-state index is -0.886. The summed E-state index contributed by atoms with van der Waals surface area (Å²) in [6.07, 6.45) is 2.72. The van der Waals surface area contributed by atoms with E-state index in [0.717, 1.165) is 36.5 Å². The van der Waals surface area contributed by atoms with Crippen LogP contribution in [0.4, 0.5) is 0 Å². The van der Waals surface area contributed by atoms with Gasteiger partial charge in [-0.05, 0) is 103 Å². The van der Waals surface area contributed by atoms with Gasteiger partial charge in [-0.1, -0.05) is 142 Å². The van der Waals surface area contributed by atoms with E-state index < -0.39 is 27.8 Å². The topological polar surface area (TPSA) is 170 Å². The molecule has 6 aromatic carbocycles. The van der Waals surface area contributed by atoms with Crippen LogP contribution in [0.15, 0.2) is 159 Å². The van der Waals surface area contributed by atoms with Gasteiger partial charge in [0.15, 0.2) is 0 Å². The number of nitrogens with zero attached hydrogens (tertiary/aromatic N) is 3. The van der Waals surface area contributed by atoms with E-state index in [1.807, 2.05) is 79.7 Å². The van der Waals surface area contributed by atoms with Crippen LogP contribution in [0.25, 0.3) is 0 Å². The number of rotatable bonds is 6. The molecule has 12 nitrogen and oxygen atoms in total. The number of aliphatic hydroxyl groups is 2. The molecule has 413 valence electrons. The summed E-state index contributed by atoms with van der Waals surface area (Å²) in [6.45, 7) is 8.98. The summed E-state index contributed by atoms with van der Waals surface area (Å²) in [4.78, 5) is 92.9. The van der Waals surface area contributed by atoms with E-state index >= 15 is 0 Å². The fourth-order valence-corrected chi connectivity index (χ4v) is 12.3. The molecule has 3 aliphatic carbocycles. The molecular formula is C61H59Br3I2N3O9V-. The minimum absolute atomic E-state index is 0. The average molecular weight is 1520 g/mol. The van der Waals surface area contributed by atoms with Crippen molar-refractivity contribution in [1.82, 2.24) is 14.7 Å². The van der Waals surface area contributed by atoms with Crippen LogP contribution in [0.5, 0.6) is 0 Å². The summed E-state index contributed by atoms with van der Waals surface area (Å²) in [5.41, 5.74) is 0.895. The molecule has 79 heavy (non-hydrogen) atoms. The third-order valence-electron chi connectivity index (χ3n) is 14.5. The van der Waals surface area contributed by atoms with E-state index in [-0.39, 0.29) is 68.9 Å². The van der Waals surface area contributed by atoms with Crippen LogP contribution in [0.3, 0.4) is 0 Å². The number of fused-ring (bicyclic) bond motifs is 3. The molecule has 3 heterocycles. The third-order valence-corrected chi connectivity index (χ3v) is 16.1. The predicted octanol–water partition coefficient (Wildman–Crippen LogP) is 14.5. The third kappa shape index (κ3) is 12.2. The Morgan fingerprint density at radius 3 is 0.823 bits per heavy atom. The number of Topliss-reactive ketones (excluding diaryl/α,β-unsaturated/α-hetero) is 1. The second-order valence-electron chi connectivity index (χ2n) is 20.2. The quantitative estimate of drug-likeness (QED) is 0.0936.